The summed E-state index contributed by atoms with van der Waals surface area (Å²) in [6.45, 7) is 4.73. The number of carbonyl (C=O) groups is 1. The summed E-state index contributed by atoms with van der Waals surface area (Å²) in [4.78, 5) is 18.8. The second kappa shape index (κ2) is 8.36. The maximum absolute atomic E-state index is 13.5. The molecule has 1 aliphatic heterocycles. The molecule has 0 bridgehead atoms. The van der Waals surface area contributed by atoms with Crippen molar-refractivity contribution in [1.82, 2.24) is 10.3 Å². The number of ether oxygens (including phenoxy) is 1. The predicted octanol–water partition coefficient (Wildman–Crippen LogP) is 6.48. The van der Waals surface area contributed by atoms with Gasteiger partial charge in [0.1, 0.15) is 11.6 Å². The number of thiophene rings is 1. The van der Waals surface area contributed by atoms with Crippen LogP contribution in [0.25, 0.3) is 21.3 Å². The van der Waals surface area contributed by atoms with E-state index in [1.807, 2.05) is 30.3 Å². The first kappa shape index (κ1) is 20.6. The number of amides is 1. The number of nitrogens with one attached hydrogen (secondary N) is 1. The van der Waals surface area contributed by atoms with Gasteiger partial charge in [-0.15, -0.1) is 11.3 Å². The van der Waals surface area contributed by atoms with Crippen LogP contribution in [-0.4, -0.2) is 17.5 Å². The van der Waals surface area contributed by atoms with E-state index in [1.165, 1.54) is 23.5 Å². The SMILES string of the molecule is CC(C)c1c(C(=O)N[C@H]2CCOc3ccccc32)sc2c(-c3ccc(F)cc3)ccnc12. The normalized spacial score (nSPS) is 15.4. The van der Waals surface area contributed by atoms with Crippen LogP contribution in [0.4, 0.5) is 4.39 Å². The number of hydrogen-bond donors (Lipinski definition) is 1. The van der Waals surface area contributed by atoms with Crippen LogP contribution in [0.1, 0.15) is 53.0 Å². The van der Waals surface area contributed by atoms with Crippen LogP contribution >= 0.6 is 11.3 Å². The van der Waals surface area contributed by atoms with Gasteiger partial charge in [-0.3, -0.25) is 9.78 Å². The summed E-state index contributed by atoms with van der Waals surface area (Å²) in [5.74, 6) is 0.584. The van der Waals surface area contributed by atoms with E-state index in [0.29, 0.717) is 11.5 Å². The van der Waals surface area contributed by atoms with Crippen molar-refractivity contribution in [3.05, 3.63) is 82.6 Å². The molecule has 1 amide bonds. The zero-order valence-electron chi connectivity index (χ0n) is 17.9. The van der Waals surface area contributed by atoms with Gasteiger partial charge in [0.25, 0.3) is 5.91 Å². The van der Waals surface area contributed by atoms with Crippen LogP contribution in [0.3, 0.4) is 0 Å². The third kappa shape index (κ3) is 3.65. The molecule has 0 aliphatic carbocycles. The summed E-state index contributed by atoms with van der Waals surface area (Å²) in [5.41, 5.74) is 4.65. The van der Waals surface area contributed by atoms with E-state index >= 15 is 0 Å². The summed E-state index contributed by atoms with van der Waals surface area (Å²) in [6, 6.07) is 16.1. The van der Waals surface area contributed by atoms with Crippen LogP contribution in [-0.2, 0) is 0 Å². The zero-order valence-corrected chi connectivity index (χ0v) is 18.7. The number of halogens is 1. The monoisotopic (exact) mass is 446 g/mol. The molecular weight excluding hydrogens is 423 g/mol. The lowest BCUT2D eigenvalue weighted by Gasteiger charge is -2.26. The van der Waals surface area contributed by atoms with Crippen molar-refractivity contribution in [3.8, 4) is 16.9 Å². The van der Waals surface area contributed by atoms with Gasteiger partial charge >= 0.3 is 0 Å². The van der Waals surface area contributed by atoms with E-state index in [1.54, 1.807) is 18.3 Å². The number of rotatable bonds is 4. The molecule has 2 aromatic carbocycles. The van der Waals surface area contributed by atoms with Crippen LogP contribution in [0.2, 0.25) is 0 Å². The van der Waals surface area contributed by atoms with Crippen LogP contribution in [0, 0.1) is 5.82 Å². The molecule has 4 nitrogen and oxygen atoms in total. The first-order valence-corrected chi connectivity index (χ1v) is 11.5. The average Bonchev–Trinajstić information content (AvgIpc) is 3.20. The van der Waals surface area contributed by atoms with Gasteiger partial charge in [0, 0.05) is 29.3 Å². The van der Waals surface area contributed by atoms with Gasteiger partial charge in [-0.1, -0.05) is 44.2 Å². The van der Waals surface area contributed by atoms with Crippen molar-refractivity contribution in [1.29, 1.82) is 0 Å². The van der Waals surface area contributed by atoms with Crippen molar-refractivity contribution >= 4 is 27.5 Å². The molecule has 2 aromatic heterocycles. The molecule has 3 heterocycles. The molecule has 6 heteroatoms. The largest absolute Gasteiger partial charge is 0.493 e. The van der Waals surface area contributed by atoms with Crippen molar-refractivity contribution in [3.63, 3.8) is 0 Å². The minimum Gasteiger partial charge on any atom is -0.493 e. The van der Waals surface area contributed by atoms with Crippen LogP contribution in [0.5, 0.6) is 5.75 Å². The van der Waals surface area contributed by atoms with E-state index in [-0.39, 0.29) is 23.7 Å². The first-order valence-electron chi connectivity index (χ1n) is 10.7. The highest BCUT2D eigenvalue weighted by molar-refractivity contribution is 7.21. The second-order valence-corrected chi connectivity index (χ2v) is 9.26. The Morgan fingerprint density at radius 3 is 2.72 bits per heavy atom. The summed E-state index contributed by atoms with van der Waals surface area (Å²) < 4.78 is 20.1. The smallest absolute Gasteiger partial charge is 0.262 e. The molecular formula is C26H23FN2O2S. The fourth-order valence-corrected chi connectivity index (χ4v) is 5.64. The molecule has 0 fully saturated rings. The number of fused-ring (bicyclic) bond motifs is 2. The van der Waals surface area contributed by atoms with E-state index in [9.17, 15) is 9.18 Å². The Labute approximate surface area is 190 Å². The Hall–Kier alpha value is -3.25. The molecule has 0 radical (unpaired) electrons. The molecule has 4 aromatic rings. The fourth-order valence-electron chi connectivity index (χ4n) is 4.28. The van der Waals surface area contributed by atoms with E-state index < -0.39 is 0 Å². The summed E-state index contributed by atoms with van der Waals surface area (Å²) in [5, 5.41) is 3.23. The van der Waals surface area contributed by atoms with Gasteiger partial charge in [0.05, 0.1) is 27.7 Å². The highest BCUT2D eigenvalue weighted by Gasteiger charge is 2.27. The zero-order chi connectivity index (χ0) is 22.2. The summed E-state index contributed by atoms with van der Waals surface area (Å²) in [7, 11) is 0. The number of aromatic nitrogens is 1. The molecule has 1 aliphatic rings. The van der Waals surface area contributed by atoms with E-state index in [4.69, 9.17) is 4.74 Å². The summed E-state index contributed by atoms with van der Waals surface area (Å²) in [6.07, 6.45) is 2.49. The van der Waals surface area contributed by atoms with Crippen LogP contribution in [0.15, 0.2) is 60.8 Å². The number of hydrogen-bond acceptors (Lipinski definition) is 4. The lowest BCUT2D eigenvalue weighted by Crippen LogP contribution is -2.32. The third-order valence-corrected chi connectivity index (χ3v) is 7.04. The predicted molar refractivity (Wildman–Crippen MR) is 126 cm³/mol. The maximum Gasteiger partial charge on any atom is 0.262 e. The standard InChI is InChI=1S/C26H23FN2O2S/c1-15(2)22-23-24(18(11-13-28-23)16-7-9-17(27)10-8-16)32-25(22)26(30)29-20-12-14-31-21-6-4-3-5-19(20)21/h3-11,13,15,20H,12,14H2,1-2H3,(H,29,30)/t20-/m0/s1. The maximum atomic E-state index is 13.5. The van der Waals surface area contributed by atoms with Gasteiger partial charge in [-0.25, -0.2) is 4.39 Å². The lowest BCUT2D eigenvalue weighted by molar-refractivity contribution is 0.0928. The Bertz CT molecular complexity index is 1300. The lowest BCUT2D eigenvalue weighted by atomic mass is 9.98. The number of nitrogens with zero attached hydrogens (tertiary/aromatic N) is 1. The molecule has 5 rings (SSSR count). The molecule has 1 atom stereocenters. The minimum atomic E-state index is -0.273. The van der Waals surface area contributed by atoms with Gasteiger partial charge in [-0.05, 0) is 35.7 Å². The van der Waals surface area contributed by atoms with Crippen molar-refractivity contribution in [2.45, 2.75) is 32.2 Å². The van der Waals surface area contributed by atoms with E-state index in [2.05, 4.69) is 24.1 Å². The fraction of sp³-hybridized carbons (Fsp3) is 0.231. The quantitative estimate of drug-likeness (QED) is 0.390. The Balaban J connectivity index is 1.57. The number of carbonyl (C=O) groups excluding carboxylic acids is 1. The third-order valence-electron chi connectivity index (χ3n) is 5.81. The number of para-hydroxylation sites is 1. The number of benzene rings is 2. The van der Waals surface area contributed by atoms with Gasteiger partial charge in [0.2, 0.25) is 0 Å². The highest BCUT2D eigenvalue weighted by Crippen LogP contribution is 2.41. The molecule has 0 spiro atoms. The van der Waals surface area contributed by atoms with E-state index in [0.717, 1.165) is 44.6 Å². The molecule has 32 heavy (non-hydrogen) atoms. The Kier molecular flexibility index (Phi) is 5.39. The van der Waals surface area contributed by atoms with Gasteiger partial charge in [0.15, 0.2) is 0 Å². The number of pyridine rings is 1. The first-order chi connectivity index (χ1) is 15.5. The molecule has 0 unspecified atom stereocenters. The average molecular weight is 447 g/mol. The highest BCUT2D eigenvalue weighted by atomic mass is 32.1. The Morgan fingerprint density at radius 2 is 1.94 bits per heavy atom. The minimum absolute atomic E-state index is 0.0940. The van der Waals surface area contributed by atoms with Crippen molar-refractivity contribution in [2.75, 3.05) is 6.61 Å². The van der Waals surface area contributed by atoms with Crippen LogP contribution < -0.4 is 10.1 Å². The van der Waals surface area contributed by atoms with Crippen molar-refractivity contribution in [2.24, 2.45) is 0 Å². The van der Waals surface area contributed by atoms with Gasteiger partial charge < -0.3 is 10.1 Å². The second-order valence-electron chi connectivity index (χ2n) is 8.24. The Morgan fingerprint density at radius 1 is 1.16 bits per heavy atom. The molecule has 1 N–H and O–H groups in total. The molecule has 0 saturated carbocycles. The van der Waals surface area contributed by atoms with Crippen molar-refractivity contribution < 1.29 is 13.9 Å². The topological polar surface area (TPSA) is 51.2 Å². The summed E-state index contributed by atoms with van der Waals surface area (Å²) >= 11 is 1.46. The van der Waals surface area contributed by atoms with Gasteiger partial charge in [-0.2, -0.15) is 0 Å². The molecule has 0 saturated heterocycles. The molecule has 162 valence electrons.